The number of amides is 1. The summed E-state index contributed by atoms with van der Waals surface area (Å²) in [4.78, 5) is 12.4. The topological polar surface area (TPSA) is 29.1 Å². The first kappa shape index (κ1) is 14.4. The predicted molar refractivity (Wildman–Crippen MR) is 79.7 cm³/mol. The molecule has 104 valence electrons. The number of rotatable bonds is 2. The Hall–Kier alpha value is -1.02. The van der Waals surface area contributed by atoms with Crippen molar-refractivity contribution in [2.24, 2.45) is 5.92 Å². The van der Waals surface area contributed by atoms with Crippen molar-refractivity contribution < 1.29 is 4.79 Å². The minimum atomic E-state index is -0.109. The Bertz CT molecular complexity index is 486. The lowest BCUT2D eigenvalue weighted by atomic mass is 9.75. The van der Waals surface area contributed by atoms with Crippen LogP contribution in [-0.2, 0) is 0 Å². The van der Waals surface area contributed by atoms with Gasteiger partial charge in [-0.15, -0.1) is 0 Å². The predicted octanol–water partition coefficient (Wildman–Crippen LogP) is 4.35. The van der Waals surface area contributed by atoms with Crippen molar-refractivity contribution in [3.63, 3.8) is 0 Å². The molecule has 1 amide bonds. The van der Waals surface area contributed by atoms with Gasteiger partial charge in [0.25, 0.3) is 5.91 Å². The summed E-state index contributed by atoms with van der Waals surface area (Å²) in [5, 5.41) is 3.77. The molecule has 1 fully saturated rings. The van der Waals surface area contributed by atoms with Crippen LogP contribution in [0.5, 0.6) is 0 Å². The molecule has 0 bridgehead atoms. The number of hydrogen-bond donors (Lipinski definition) is 1. The number of hydrogen-bond acceptors (Lipinski definition) is 1. The van der Waals surface area contributed by atoms with Crippen LogP contribution in [-0.4, -0.2) is 11.4 Å². The highest BCUT2D eigenvalue weighted by Gasteiger charge is 2.35. The number of benzene rings is 1. The van der Waals surface area contributed by atoms with Crippen LogP contribution in [0.15, 0.2) is 18.2 Å². The van der Waals surface area contributed by atoms with Crippen molar-refractivity contribution in [3.8, 4) is 0 Å². The van der Waals surface area contributed by atoms with Crippen molar-refractivity contribution >= 4 is 17.5 Å². The maximum absolute atomic E-state index is 12.4. The van der Waals surface area contributed by atoms with E-state index in [-0.39, 0.29) is 11.4 Å². The number of aryl methyl sites for hydroxylation is 1. The Morgan fingerprint density at radius 3 is 2.84 bits per heavy atom. The maximum Gasteiger partial charge on any atom is 0.253 e. The van der Waals surface area contributed by atoms with Gasteiger partial charge in [-0.25, -0.2) is 0 Å². The summed E-state index contributed by atoms with van der Waals surface area (Å²) in [5.74, 6) is 0.457. The van der Waals surface area contributed by atoms with E-state index in [0.717, 1.165) is 12.0 Å². The second-order valence-electron chi connectivity index (χ2n) is 5.95. The van der Waals surface area contributed by atoms with Crippen molar-refractivity contribution in [2.75, 3.05) is 0 Å². The van der Waals surface area contributed by atoms with Gasteiger partial charge < -0.3 is 5.32 Å². The van der Waals surface area contributed by atoms with E-state index in [1.807, 2.05) is 19.1 Å². The molecule has 1 saturated carbocycles. The summed E-state index contributed by atoms with van der Waals surface area (Å²) in [7, 11) is 0. The summed E-state index contributed by atoms with van der Waals surface area (Å²) in [6.45, 7) is 6.29. The van der Waals surface area contributed by atoms with E-state index in [1.54, 1.807) is 6.07 Å². The van der Waals surface area contributed by atoms with Gasteiger partial charge in [0.05, 0.1) is 10.6 Å². The second kappa shape index (κ2) is 5.54. The van der Waals surface area contributed by atoms with Crippen LogP contribution in [0.4, 0.5) is 0 Å². The van der Waals surface area contributed by atoms with Crippen molar-refractivity contribution in [3.05, 3.63) is 34.3 Å². The van der Waals surface area contributed by atoms with Gasteiger partial charge in [0.15, 0.2) is 0 Å². The lowest BCUT2D eigenvalue weighted by Gasteiger charge is -2.40. The van der Waals surface area contributed by atoms with Crippen LogP contribution < -0.4 is 5.32 Å². The Balaban J connectivity index is 2.19. The van der Waals surface area contributed by atoms with E-state index in [4.69, 9.17) is 11.6 Å². The second-order valence-corrected chi connectivity index (χ2v) is 6.33. The number of nitrogens with one attached hydrogen (secondary N) is 1. The zero-order valence-electron chi connectivity index (χ0n) is 11.9. The van der Waals surface area contributed by atoms with Crippen LogP contribution in [0, 0.1) is 12.8 Å². The zero-order valence-corrected chi connectivity index (χ0v) is 12.7. The average molecular weight is 280 g/mol. The largest absolute Gasteiger partial charge is 0.347 e. The van der Waals surface area contributed by atoms with Gasteiger partial charge in [-0.2, -0.15) is 0 Å². The fraction of sp³-hybridized carbons (Fsp3) is 0.562. The van der Waals surface area contributed by atoms with Crippen LogP contribution in [0.25, 0.3) is 0 Å². The van der Waals surface area contributed by atoms with E-state index in [1.165, 1.54) is 19.3 Å². The summed E-state index contributed by atoms with van der Waals surface area (Å²) >= 11 is 6.23. The molecule has 1 aliphatic rings. The minimum absolute atomic E-state index is 0.0510. The molecule has 0 heterocycles. The molecule has 0 radical (unpaired) electrons. The molecule has 2 atom stereocenters. The zero-order chi connectivity index (χ0) is 14.0. The molecule has 1 N–H and O–H groups in total. The fourth-order valence-electron chi connectivity index (χ4n) is 2.84. The molecular weight excluding hydrogens is 258 g/mol. The molecule has 2 unspecified atom stereocenters. The highest BCUT2D eigenvalue weighted by molar-refractivity contribution is 6.34. The summed E-state index contributed by atoms with van der Waals surface area (Å²) in [6.07, 6.45) is 4.67. The summed E-state index contributed by atoms with van der Waals surface area (Å²) in [6, 6.07) is 5.59. The van der Waals surface area contributed by atoms with Gasteiger partial charge in [-0.3, -0.25) is 4.79 Å². The SMILES string of the molecule is Cc1cccc(C(=O)NC2(C)CCCCC2C)c1Cl. The third kappa shape index (κ3) is 2.94. The molecule has 1 aromatic rings. The lowest BCUT2D eigenvalue weighted by molar-refractivity contribution is 0.0829. The minimum Gasteiger partial charge on any atom is -0.347 e. The van der Waals surface area contributed by atoms with E-state index < -0.39 is 0 Å². The first-order chi connectivity index (χ1) is 8.94. The van der Waals surface area contributed by atoms with Crippen LogP contribution in [0.1, 0.15) is 55.5 Å². The third-order valence-corrected chi connectivity index (χ3v) is 5.01. The molecule has 0 spiro atoms. The van der Waals surface area contributed by atoms with Crippen LogP contribution in [0.2, 0.25) is 5.02 Å². The van der Waals surface area contributed by atoms with Crippen LogP contribution in [0.3, 0.4) is 0 Å². The number of carbonyl (C=O) groups excluding carboxylic acids is 1. The normalized spacial score (nSPS) is 27.1. The van der Waals surface area contributed by atoms with Gasteiger partial charge in [0, 0.05) is 5.54 Å². The summed E-state index contributed by atoms with van der Waals surface area (Å²) < 4.78 is 0. The van der Waals surface area contributed by atoms with Crippen LogP contribution >= 0.6 is 11.6 Å². The van der Waals surface area contributed by atoms with Crippen molar-refractivity contribution in [2.45, 2.75) is 52.0 Å². The average Bonchev–Trinajstić information content (AvgIpc) is 2.36. The van der Waals surface area contributed by atoms with Gasteiger partial charge >= 0.3 is 0 Å². The molecule has 0 saturated heterocycles. The summed E-state index contributed by atoms with van der Waals surface area (Å²) in [5.41, 5.74) is 1.42. The van der Waals surface area contributed by atoms with E-state index in [9.17, 15) is 4.79 Å². The molecule has 0 aliphatic heterocycles. The maximum atomic E-state index is 12.4. The Morgan fingerprint density at radius 1 is 1.42 bits per heavy atom. The van der Waals surface area contributed by atoms with E-state index in [0.29, 0.717) is 16.5 Å². The molecule has 0 aromatic heterocycles. The molecule has 1 aromatic carbocycles. The molecule has 19 heavy (non-hydrogen) atoms. The standard InChI is InChI=1S/C16H22ClNO/c1-11-7-6-9-13(14(11)17)15(19)18-16(3)10-5-4-8-12(16)2/h6-7,9,12H,4-5,8,10H2,1-3H3,(H,18,19). The highest BCUT2D eigenvalue weighted by atomic mass is 35.5. The monoisotopic (exact) mass is 279 g/mol. The first-order valence-electron chi connectivity index (χ1n) is 7.01. The molecule has 2 nitrogen and oxygen atoms in total. The Kier molecular flexibility index (Phi) is 4.19. The molecule has 3 heteroatoms. The molecular formula is C16H22ClNO. The quantitative estimate of drug-likeness (QED) is 0.857. The Morgan fingerprint density at radius 2 is 2.16 bits per heavy atom. The van der Waals surface area contributed by atoms with E-state index in [2.05, 4.69) is 19.2 Å². The highest BCUT2D eigenvalue weighted by Crippen LogP contribution is 2.33. The van der Waals surface area contributed by atoms with Crippen molar-refractivity contribution in [1.29, 1.82) is 0 Å². The smallest absolute Gasteiger partial charge is 0.253 e. The molecule has 1 aliphatic carbocycles. The molecule has 2 rings (SSSR count). The number of halogens is 1. The van der Waals surface area contributed by atoms with Gasteiger partial charge in [-0.05, 0) is 44.2 Å². The first-order valence-corrected chi connectivity index (χ1v) is 7.39. The number of carbonyl (C=O) groups is 1. The van der Waals surface area contributed by atoms with Gasteiger partial charge in [0.1, 0.15) is 0 Å². The van der Waals surface area contributed by atoms with E-state index >= 15 is 0 Å². The third-order valence-electron chi connectivity index (χ3n) is 4.51. The fourth-order valence-corrected chi connectivity index (χ4v) is 3.05. The lowest BCUT2D eigenvalue weighted by Crippen LogP contribution is -2.52. The Labute approximate surface area is 120 Å². The van der Waals surface area contributed by atoms with Crippen molar-refractivity contribution in [1.82, 2.24) is 5.32 Å². The van der Waals surface area contributed by atoms with Gasteiger partial charge in [0.2, 0.25) is 0 Å². The van der Waals surface area contributed by atoms with Gasteiger partial charge in [-0.1, -0.05) is 43.5 Å².